The van der Waals surface area contributed by atoms with Crippen LogP contribution in [0.15, 0.2) is 0 Å². The third-order valence-corrected chi connectivity index (χ3v) is 3.38. The van der Waals surface area contributed by atoms with E-state index in [1.54, 1.807) is 4.90 Å². The van der Waals surface area contributed by atoms with Crippen molar-refractivity contribution < 1.29 is 14.4 Å². The van der Waals surface area contributed by atoms with Gasteiger partial charge in [-0.2, -0.15) is 0 Å². The van der Waals surface area contributed by atoms with Crippen molar-refractivity contribution in [2.45, 2.75) is 12.8 Å². The van der Waals surface area contributed by atoms with Crippen molar-refractivity contribution in [2.24, 2.45) is 11.8 Å². The molecule has 2 aliphatic heterocycles. The van der Waals surface area contributed by atoms with E-state index in [0.717, 1.165) is 0 Å². The van der Waals surface area contributed by atoms with Crippen molar-refractivity contribution in [1.82, 2.24) is 10.2 Å². The Labute approximate surface area is 98.1 Å². The van der Waals surface area contributed by atoms with Gasteiger partial charge in [0.1, 0.15) is 0 Å². The highest BCUT2D eigenvalue weighted by atomic mass is 35.5. The summed E-state index contributed by atoms with van der Waals surface area (Å²) in [7, 11) is 0. The van der Waals surface area contributed by atoms with Crippen LogP contribution in [0.25, 0.3) is 0 Å². The van der Waals surface area contributed by atoms with Gasteiger partial charge in [-0.15, -0.1) is 11.6 Å². The molecular formula is C10H13ClN2O3. The molecule has 88 valence electrons. The SMILES string of the molecule is O=C1NC(=O)[C@@H]2CCN(C(=O)CCCl)C[C@H]12. The van der Waals surface area contributed by atoms with Gasteiger partial charge in [-0.3, -0.25) is 19.7 Å². The van der Waals surface area contributed by atoms with Gasteiger partial charge in [0.25, 0.3) is 0 Å². The molecule has 0 saturated carbocycles. The molecule has 0 aromatic rings. The Morgan fingerprint density at radius 1 is 1.38 bits per heavy atom. The Bertz CT molecular complexity index is 345. The smallest absolute Gasteiger partial charge is 0.232 e. The summed E-state index contributed by atoms with van der Waals surface area (Å²) < 4.78 is 0. The minimum Gasteiger partial charge on any atom is -0.342 e. The second-order valence-electron chi connectivity index (χ2n) is 4.13. The summed E-state index contributed by atoms with van der Waals surface area (Å²) >= 11 is 5.50. The van der Waals surface area contributed by atoms with Gasteiger partial charge in [0.2, 0.25) is 17.7 Å². The highest BCUT2D eigenvalue weighted by molar-refractivity contribution is 6.18. The molecule has 1 N–H and O–H groups in total. The zero-order valence-electron chi connectivity index (χ0n) is 8.74. The summed E-state index contributed by atoms with van der Waals surface area (Å²) in [6, 6.07) is 0. The predicted octanol–water partition coefficient (Wildman–Crippen LogP) is -0.264. The Hall–Kier alpha value is -1.10. The molecule has 2 aliphatic rings. The lowest BCUT2D eigenvalue weighted by atomic mass is 9.87. The molecule has 0 bridgehead atoms. The first kappa shape index (κ1) is 11.4. The van der Waals surface area contributed by atoms with E-state index in [9.17, 15) is 14.4 Å². The lowest BCUT2D eigenvalue weighted by molar-refractivity contribution is -0.136. The van der Waals surface area contributed by atoms with Crippen LogP contribution in [0.4, 0.5) is 0 Å². The maximum absolute atomic E-state index is 11.6. The number of nitrogens with zero attached hydrogens (tertiary/aromatic N) is 1. The Morgan fingerprint density at radius 2 is 2.06 bits per heavy atom. The molecule has 0 aliphatic carbocycles. The van der Waals surface area contributed by atoms with E-state index in [1.807, 2.05) is 0 Å². The molecule has 2 fully saturated rings. The molecule has 2 rings (SSSR count). The van der Waals surface area contributed by atoms with Crippen LogP contribution in [-0.2, 0) is 14.4 Å². The van der Waals surface area contributed by atoms with Crippen molar-refractivity contribution in [3.63, 3.8) is 0 Å². The normalized spacial score (nSPS) is 28.9. The summed E-state index contributed by atoms with van der Waals surface area (Å²) in [5.41, 5.74) is 0. The van der Waals surface area contributed by atoms with Gasteiger partial charge in [0, 0.05) is 25.4 Å². The summed E-state index contributed by atoms with van der Waals surface area (Å²) in [6.07, 6.45) is 0.852. The third kappa shape index (κ3) is 1.91. The lowest BCUT2D eigenvalue weighted by Gasteiger charge is -2.32. The van der Waals surface area contributed by atoms with Crippen LogP contribution in [-0.4, -0.2) is 41.6 Å². The average Bonchev–Trinajstić information content (AvgIpc) is 2.55. The molecule has 0 aromatic heterocycles. The maximum atomic E-state index is 11.6. The number of amides is 3. The highest BCUT2D eigenvalue weighted by Crippen LogP contribution is 2.28. The molecule has 6 heteroatoms. The number of carbonyl (C=O) groups excluding carboxylic acids is 3. The van der Waals surface area contributed by atoms with Crippen molar-refractivity contribution in [3.05, 3.63) is 0 Å². The summed E-state index contributed by atoms with van der Waals surface area (Å²) in [6.45, 7) is 0.884. The van der Waals surface area contributed by atoms with Crippen LogP contribution in [0.3, 0.4) is 0 Å². The molecule has 2 atom stereocenters. The standard InChI is InChI=1S/C10H13ClN2O3/c11-3-1-8(14)13-4-2-6-7(5-13)10(16)12-9(6)15/h6-7H,1-5H2,(H,12,15,16)/t6-,7+/m1/s1. The highest BCUT2D eigenvalue weighted by Gasteiger charge is 2.45. The van der Waals surface area contributed by atoms with Crippen LogP contribution in [0.5, 0.6) is 0 Å². The van der Waals surface area contributed by atoms with Gasteiger partial charge < -0.3 is 4.90 Å². The molecule has 0 aromatic carbocycles. The van der Waals surface area contributed by atoms with Crippen molar-refractivity contribution in [2.75, 3.05) is 19.0 Å². The minimum atomic E-state index is -0.361. The zero-order chi connectivity index (χ0) is 11.7. The van der Waals surface area contributed by atoms with E-state index in [0.29, 0.717) is 19.5 Å². The fourth-order valence-corrected chi connectivity index (χ4v) is 2.47. The van der Waals surface area contributed by atoms with E-state index in [-0.39, 0.29) is 41.9 Å². The topological polar surface area (TPSA) is 66.5 Å². The molecule has 2 heterocycles. The number of halogens is 1. The number of nitrogens with one attached hydrogen (secondary N) is 1. The number of hydrogen-bond acceptors (Lipinski definition) is 3. The predicted molar refractivity (Wildman–Crippen MR) is 56.7 cm³/mol. The first-order chi connectivity index (χ1) is 7.63. The van der Waals surface area contributed by atoms with Crippen LogP contribution in [0, 0.1) is 11.8 Å². The van der Waals surface area contributed by atoms with Gasteiger partial charge in [-0.05, 0) is 6.42 Å². The van der Waals surface area contributed by atoms with E-state index in [4.69, 9.17) is 11.6 Å². The number of alkyl halides is 1. The maximum Gasteiger partial charge on any atom is 0.232 e. The first-order valence-corrected chi connectivity index (χ1v) is 5.85. The Balaban J connectivity index is 2.02. The minimum absolute atomic E-state index is 0.0411. The van der Waals surface area contributed by atoms with Crippen molar-refractivity contribution >= 4 is 29.3 Å². The third-order valence-electron chi connectivity index (χ3n) is 3.19. The van der Waals surface area contributed by atoms with Crippen molar-refractivity contribution in [1.29, 1.82) is 0 Å². The van der Waals surface area contributed by atoms with Gasteiger partial charge >= 0.3 is 0 Å². The second-order valence-corrected chi connectivity index (χ2v) is 4.51. The Kier molecular flexibility index (Phi) is 3.14. The molecule has 0 spiro atoms. The van der Waals surface area contributed by atoms with Gasteiger partial charge in [-0.25, -0.2) is 0 Å². The number of likely N-dealkylation sites (tertiary alicyclic amines) is 1. The lowest BCUT2D eigenvalue weighted by Crippen LogP contribution is -2.45. The fraction of sp³-hybridized carbons (Fsp3) is 0.700. The van der Waals surface area contributed by atoms with Crippen LogP contribution in [0.2, 0.25) is 0 Å². The number of piperidine rings is 1. The van der Waals surface area contributed by atoms with E-state index < -0.39 is 0 Å². The van der Waals surface area contributed by atoms with Gasteiger partial charge in [-0.1, -0.05) is 0 Å². The van der Waals surface area contributed by atoms with Gasteiger partial charge in [0.05, 0.1) is 11.8 Å². The number of rotatable bonds is 2. The average molecular weight is 245 g/mol. The number of fused-ring (bicyclic) bond motifs is 1. The number of imide groups is 1. The fourth-order valence-electron chi connectivity index (χ4n) is 2.30. The molecular weight excluding hydrogens is 232 g/mol. The van der Waals surface area contributed by atoms with Crippen LogP contribution >= 0.6 is 11.6 Å². The quantitative estimate of drug-likeness (QED) is 0.538. The van der Waals surface area contributed by atoms with Gasteiger partial charge in [0.15, 0.2) is 0 Å². The largest absolute Gasteiger partial charge is 0.342 e. The Morgan fingerprint density at radius 3 is 2.75 bits per heavy atom. The monoisotopic (exact) mass is 244 g/mol. The molecule has 2 saturated heterocycles. The van der Waals surface area contributed by atoms with Crippen molar-refractivity contribution in [3.8, 4) is 0 Å². The zero-order valence-corrected chi connectivity index (χ0v) is 9.50. The molecule has 3 amide bonds. The molecule has 5 nitrogen and oxygen atoms in total. The van der Waals surface area contributed by atoms with Crippen LogP contribution < -0.4 is 5.32 Å². The van der Waals surface area contributed by atoms with E-state index in [1.165, 1.54) is 0 Å². The second kappa shape index (κ2) is 4.41. The molecule has 0 radical (unpaired) electrons. The molecule has 16 heavy (non-hydrogen) atoms. The number of hydrogen-bond donors (Lipinski definition) is 1. The first-order valence-electron chi connectivity index (χ1n) is 5.32. The van der Waals surface area contributed by atoms with E-state index >= 15 is 0 Å². The summed E-state index contributed by atoms with van der Waals surface area (Å²) in [5.74, 6) is -0.805. The van der Waals surface area contributed by atoms with E-state index in [2.05, 4.69) is 5.32 Å². The summed E-state index contributed by atoms with van der Waals surface area (Å²) in [5, 5.41) is 2.31. The van der Waals surface area contributed by atoms with Crippen LogP contribution in [0.1, 0.15) is 12.8 Å². The molecule has 0 unspecified atom stereocenters. The number of carbonyl (C=O) groups is 3. The summed E-state index contributed by atoms with van der Waals surface area (Å²) in [4.78, 5) is 36.0.